The molecule has 8 heteroatoms. The fraction of sp³-hybridized carbons (Fsp3) is 0.391. The van der Waals surface area contributed by atoms with Crippen molar-refractivity contribution >= 4 is 24.0 Å². The zero-order valence-electron chi connectivity index (χ0n) is 17.9. The zero-order valence-corrected chi connectivity index (χ0v) is 18.7. The van der Waals surface area contributed by atoms with Crippen LogP contribution in [-0.4, -0.2) is 37.5 Å². The van der Waals surface area contributed by atoms with Crippen LogP contribution < -0.4 is 9.47 Å². The fourth-order valence-electron chi connectivity index (χ4n) is 3.00. The number of unbranched alkanes of at least 4 members (excludes halogenated alkanes) is 1. The number of benzene rings is 2. The summed E-state index contributed by atoms with van der Waals surface area (Å²) in [5, 5.41) is 0.167. The van der Waals surface area contributed by atoms with Gasteiger partial charge in [-0.25, -0.2) is 9.18 Å². The lowest BCUT2D eigenvalue weighted by molar-refractivity contribution is -0.109. The first-order chi connectivity index (χ1) is 14.9. The lowest BCUT2D eigenvalue weighted by Gasteiger charge is -2.29. The number of hydrogen-bond acceptors (Lipinski definition) is 5. The Morgan fingerprint density at radius 3 is 2.52 bits per heavy atom. The molecule has 0 spiro atoms. The minimum absolute atomic E-state index is 0.0466. The molecule has 1 unspecified atom stereocenters. The van der Waals surface area contributed by atoms with Crippen molar-refractivity contribution in [2.45, 2.75) is 39.3 Å². The summed E-state index contributed by atoms with van der Waals surface area (Å²) < 4.78 is 30.4. The third-order valence-corrected chi connectivity index (χ3v) is 5.12. The van der Waals surface area contributed by atoms with Gasteiger partial charge in [0.2, 0.25) is 0 Å². The Balaban J connectivity index is 2.27. The lowest BCUT2D eigenvalue weighted by atomic mass is 10.00. The number of rotatable bonds is 11. The molecule has 168 valence electrons. The van der Waals surface area contributed by atoms with Gasteiger partial charge in [-0.15, -0.1) is 0 Å². The second-order valence-corrected chi connectivity index (χ2v) is 7.29. The second-order valence-electron chi connectivity index (χ2n) is 6.88. The van der Waals surface area contributed by atoms with Gasteiger partial charge in [0.1, 0.15) is 30.2 Å². The molecule has 0 N–H and O–H groups in total. The highest BCUT2D eigenvalue weighted by molar-refractivity contribution is 6.31. The van der Waals surface area contributed by atoms with Gasteiger partial charge in [-0.3, -0.25) is 4.90 Å². The van der Waals surface area contributed by atoms with Crippen molar-refractivity contribution in [2.75, 3.05) is 20.3 Å². The summed E-state index contributed by atoms with van der Waals surface area (Å²) in [6, 6.07) is 8.80. The van der Waals surface area contributed by atoms with E-state index in [4.69, 9.17) is 25.8 Å². The molecular weight excluding hydrogens is 425 g/mol. The molecule has 0 radical (unpaired) electrons. The predicted molar refractivity (Wildman–Crippen MR) is 116 cm³/mol. The molecule has 0 saturated carbocycles. The number of nitrogens with zero attached hydrogens (tertiary/aromatic N) is 1. The number of carbonyl (C=O) groups is 2. The van der Waals surface area contributed by atoms with Gasteiger partial charge in [-0.1, -0.05) is 24.9 Å². The second kappa shape index (κ2) is 12.2. The average molecular weight is 452 g/mol. The van der Waals surface area contributed by atoms with E-state index in [0.717, 1.165) is 6.42 Å². The summed E-state index contributed by atoms with van der Waals surface area (Å²) in [6.07, 6.45) is 1.53. The number of aldehydes is 1. The van der Waals surface area contributed by atoms with E-state index in [0.29, 0.717) is 35.3 Å². The first-order valence-electron chi connectivity index (χ1n) is 10.0. The maximum atomic E-state index is 14.2. The molecule has 2 rings (SSSR count). The maximum Gasteiger partial charge on any atom is 0.410 e. The van der Waals surface area contributed by atoms with Crippen molar-refractivity contribution in [2.24, 2.45) is 0 Å². The van der Waals surface area contributed by atoms with Gasteiger partial charge in [-0.05, 0) is 55.3 Å². The van der Waals surface area contributed by atoms with E-state index in [1.165, 1.54) is 17.0 Å². The third-order valence-electron chi connectivity index (χ3n) is 4.78. The summed E-state index contributed by atoms with van der Waals surface area (Å²) in [5.41, 5.74) is 0.955. The average Bonchev–Trinajstić information content (AvgIpc) is 2.76. The summed E-state index contributed by atoms with van der Waals surface area (Å²) in [4.78, 5) is 24.9. The number of amides is 1. The van der Waals surface area contributed by atoms with E-state index >= 15 is 0 Å². The van der Waals surface area contributed by atoms with Crippen LogP contribution in [0, 0.1) is 5.82 Å². The molecule has 2 aromatic rings. The van der Waals surface area contributed by atoms with E-state index in [2.05, 4.69) is 0 Å². The Bertz CT molecular complexity index is 875. The van der Waals surface area contributed by atoms with Crippen LogP contribution in [0.15, 0.2) is 36.4 Å². The van der Waals surface area contributed by atoms with Crippen LogP contribution in [0.4, 0.5) is 9.18 Å². The SMILES string of the molecule is CCCCOC(=O)N(CC=O)C(C)c1cc(F)cc(Cl)c1COc1ccc(OC)cc1. The van der Waals surface area contributed by atoms with Crippen molar-refractivity contribution < 1.29 is 28.2 Å². The molecule has 1 atom stereocenters. The first-order valence-corrected chi connectivity index (χ1v) is 10.4. The van der Waals surface area contributed by atoms with Crippen LogP contribution in [-0.2, 0) is 16.1 Å². The Kier molecular flexibility index (Phi) is 9.59. The van der Waals surface area contributed by atoms with Crippen LogP contribution in [0.25, 0.3) is 0 Å². The van der Waals surface area contributed by atoms with Gasteiger partial charge in [0.25, 0.3) is 0 Å². The maximum absolute atomic E-state index is 14.2. The standard InChI is InChI=1S/C23H27ClFNO5/c1-4-5-12-30-23(28)26(10-11-27)16(2)20-13-17(25)14-22(24)21(20)15-31-19-8-6-18(29-3)7-9-19/h6-9,11,13-14,16H,4-5,10,12,15H2,1-3H3. The monoisotopic (exact) mass is 451 g/mol. The summed E-state index contributed by atoms with van der Waals surface area (Å²) in [7, 11) is 1.57. The molecule has 0 bridgehead atoms. The molecule has 31 heavy (non-hydrogen) atoms. The number of hydrogen-bond donors (Lipinski definition) is 0. The van der Waals surface area contributed by atoms with Gasteiger partial charge in [0.05, 0.1) is 31.3 Å². The van der Waals surface area contributed by atoms with E-state index in [1.54, 1.807) is 38.3 Å². The normalized spacial score (nSPS) is 11.5. The fourth-order valence-corrected chi connectivity index (χ4v) is 3.27. The highest BCUT2D eigenvalue weighted by Gasteiger charge is 2.26. The highest BCUT2D eigenvalue weighted by atomic mass is 35.5. The van der Waals surface area contributed by atoms with Crippen molar-refractivity contribution in [1.82, 2.24) is 4.90 Å². The molecule has 6 nitrogen and oxygen atoms in total. The molecule has 0 saturated heterocycles. The molecule has 2 aromatic carbocycles. The zero-order chi connectivity index (χ0) is 22.8. The molecular formula is C23H27ClFNO5. The molecule has 0 aromatic heterocycles. The topological polar surface area (TPSA) is 65.1 Å². The molecule has 0 aliphatic rings. The number of methoxy groups -OCH3 is 1. The van der Waals surface area contributed by atoms with Crippen molar-refractivity contribution in [3.63, 3.8) is 0 Å². The Labute approximate surface area is 186 Å². The minimum atomic E-state index is -0.665. The summed E-state index contributed by atoms with van der Waals surface area (Å²) >= 11 is 6.31. The Hall–Kier alpha value is -2.80. The van der Waals surface area contributed by atoms with Gasteiger partial charge in [-0.2, -0.15) is 0 Å². The highest BCUT2D eigenvalue weighted by Crippen LogP contribution is 2.31. The van der Waals surface area contributed by atoms with Gasteiger partial charge >= 0.3 is 6.09 Å². The number of halogens is 2. The van der Waals surface area contributed by atoms with E-state index in [-0.39, 0.29) is 24.8 Å². The van der Waals surface area contributed by atoms with E-state index < -0.39 is 18.0 Å². The number of carbonyl (C=O) groups excluding carboxylic acids is 2. The molecule has 0 aliphatic carbocycles. The Morgan fingerprint density at radius 2 is 1.90 bits per heavy atom. The van der Waals surface area contributed by atoms with E-state index in [1.807, 2.05) is 6.92 Å². The number of ether oxygens (including phenoxy) is 3. The largest absolute Gasteiger partial charge is 0.497 e. The summed E-state index contributed by atoms with van der Waals surface area (Å²) in [5.74, 6) is 0.710. The van der Waals surface area contributed by atoms with Crippen LogP contribution >= 0.6 is 11.6 Å². The van der Waals surface area contributed by atoms with Gasteiger partial charge in [0.15, 0.2) is 0 Å². The quantitative estimate of drug-likeness (QED) is 0.330. The molecule has 0 aliphatic heterocycles. The van der Waals surface area contributed by atoms with Crippen molar-refractivity contribution in [1.29, 1.82) is 0 Å². The van der Waals surface area contributed by atoms with Gasteiger partial charge in [0, 0.05) is 5.56 Å². The molecule has 0 fully saturated rings. The first kappa shape index (κ1) is 24.5. The smallest absolute Gasteiger partial charge is 0.410 e. The lowest BCUT2D eigenvalue weighted by Crippen LogP contribution is -2.36. The van der Waals surface area contributed by atoms with Crippen molar-refractivity contribution in [3.05, 3.63) is 58.4 Å². The third kappa shape index (κ3) is 6.85. The Morgan fingerprint density at radius 1 is 1.23 bits per heavy atom. The summed E-state index contributed by atoms with van der Waals surface area (Å²) in [6.45, 7) is 3.76. The molecule has 0 heterocycles. The van der Waals surface area contributed by atoms with Crippen molar-refractivity contribution in [3.8, 4) is 11.5 Å². The van der Waals surface area contributed by atoms with Crippen LogP contribution in [0.3, 0.4) is 0 Å². The molecule has 1 amide bonds. The van der Waals surface area contributed by atoms with Crippen LogP contribution in [0.2, 0.25) is 5.02 Å². The van der Waals surface area contributed by atoms with Gasteiger partial charge < -0.3 is 19.0 Å². The minimum Gasteiger partial charge on any atom is -0.497 e. The van der Waals surface area contributed by atoms with Crippen LogP contribution in [0.1, 0.15) is 43.9 Å². The predicted octanol–water partition coefficient (Wildman–Crippen LogP) is 5.57. The van der Waals surface area contributed by atoms with Crippen LogP contribution in [0.5, 0.6) is 11.5 Å². The van der Waals surface area contributed by atoms with E-state index in [9.17, 15) is 14.0 Å².